The van der Waals surface area contributed by atoms with E-state index in [9.17, 15) is 0 Å². The number of hydrogen-bond donors (Lipinski definition) is 0. The van der Waals surface area contributed by atoms with Gasteiger partial charge in [0, 0.05) is 19.8 Å². The summed E-state index contributed by atoms with van der Waals surface area (Å²) in [4.78, 5) is 0. The third-order valence-corrected chi connectivity index (χ3v) is 3.67. The molecule has 0 saturated carbocycles. The van der Waals surface area contributed by atoms with E-state index in [1.165, 1.54) is 19.3 Å². The Kier molecular flexibility index (Phi) is 6.13. The van der Waals surface area contributed by atoms with E-state index in [4.69, 9.17) is 9.47 Å². The summed E-state index contributed by atoms with van der Waals surface area (Å²) < 4.78 is 11.3. The van der Waals surface area contributed by atoms with Gasteiger partial charge < -0.3 is 9.47 Å². The highest BCUT2D eigenvalue weighted by Gasteiger charge is 2.25. The van der Waals surface area contributed by atoms with Crippen molar-refractivity contribution >= 4 is 0 Å². The monoisotopic (exact) mass is 256 g/mol. The van der Waals surface area contributed by atoms with Gasteiger partial charge in [-0.2, -0.15) is 0 Å². The van der Waals surface area contributed by atoms with Crippen molar-refractivity contribution in [1.29, 1.82) is 0 Å². The highest BCUT2D eigenvalue weighted by molar-refractivity contribution is 4.75. The molecule has 0 aromatic rings. The maximum atomic E-state index is 5.88. The summed E-state index contributed by atoms with van der Waals surface area (Å²) in [6.07, 6.45) is 4.86. The predicted molar refractivity (Wildman–Crippen MR) is 76.8 cm³/mol. The lowest BCUT2D eigenvalue weighted by Gasteiger charge is -2.32. The van der Waals surface area contributed by atoms with Crippen molar-refractivity contribution < 1.29 is 9.47 Å². The van der Waals surface area contributed by atoms with E-state index in [-0.39, 0.29) is 0 Å². The van der Waals surface area contributed by atoms with E-state index in [0.29, 0.717) is 10.8 Å². The lowest BCUT2D eigenvalue weighted by Crippen LogP contribution is -2.27. The Labute approximate surface area is 113 Å². The van der Waals surface area contributed by atoms with Gasteiger partial charge in [0.05, 0.1) is 6.61 Å². The van der Waals surface area contributed by atoms with Crippen molar-refractivity contribution in [2.24, 2.45) is 16.7 Å². The fourth-order valence-corrected chi connectivity index (χ4v) is 2.52. The third kappa shape index (κ3) is 7.38. The van der Waals surface area contributed by atoms with Crippen molar-refractivity contribution in [2.75, 3.05) is 26.4 Å². The van der Waals surface area contributed by atoms with Crippen LogP contribution in [-0.4, -0.2) is 26.4 Å². The average Bonchev–Trinajstić information content (AvgIpc) is 2.24. The largest absolute Gasteiger partial charge is 0.381 e. The van der Waals surface area contributed by atoms with Gasteiger partial charge in [-0.15, -0.1) is 0 Å². The SMILES string of the molecule is CC(C)(C)CCOCC(C)(C)CC1CCOCC1. The molecule has 0 N–H and O–H groups in total. The molecule has 1 fully saturated rings. The maximum Gasteiger partial charge on any atom is 0.0517 e. The molecule has 0 radical (unpaired) electrons. The normalized spacial score (nSPS) is 19.2. The lowest BCUT2D eigenvalue weighted by molar-refractivity contribution is 0.0131. The second-order valence-corrected chi connectivity index (χ2v) is 7.79. The van der Waals surface area contributed by atoms with Crippen LogP contribution in [-0.2, 0) is 9.47 Å². The van der Waals surface area contributed by atoms with Gasteiger partial charge in [0.2, 0.25) is 0 Å². The van der Waals surface area contributed by atoms with Gasteiger partial charge in [0.15, 0.2) is 0 Å². The molecule has 0 spiro atoms. The van der Waals surface area contributed by atoms with E-state index in [0.717, 1.165) is 38.8 Å². The summed E-state index contributed by atoms with van der Waals surface area (Å²) in [7, 11) is 0. The summed E-state index contributed by atoms with van der Waals surface area (Å²) in [6, 6.07) is 0. The van der Waals surface area contributed by atoms with Crippen LogP contribution in [0.1, 0.15) is 60.3 Å². The van der Waals surface area contributed by atoms with E-state index in [2.05, 4.69) is 34.6 Å². The molecule has 1 aliphatic heterocycles. The number of rotatable bonds is 6. The first-order chi connectivity index (χ1) is 8.29. The van der Waals surface area contributed by atoms with Crippen LogP contribution in [0.3, 0.4) is 0 Å². The first-order valence-corrected chi connectivity index (χ1v) is 7.44. The molecule has 0 aromatic heterocycles. The summed E-state index contributed by atoms with van der Waals surface area (Å²) >= 11 is 0. The number of hydrogen-bond acceptors (Lipinski definition) is 2. The molecular formula is C16H32O2. The van der Waals surface area contributed by atoms with Crippen LogP contribution in [0.4, 0.5) is 0 Å². The van der Waals surface area contributed by atoms with Gasteiger partial charge in [-0.25, -0.2) is 0 Å². The molecule has 0 unspecified atom stereocenters. The molecule has 18 heavy (non-hydrogen) atoms. The van der Waals surface area contributed by atoms with Crippen LogP contribution < -0.4 is 0 Å². The molecule has 1 heterocycles. The minimum Gasteiger partial charge on any atom is -0.381 e. The predicted octanol–water partition coefficient (Wildman–Crippen LogP) is 4.28. The van der Waals surface area contributed by atoms with Gasteiger partial charge in [-0.1, -0.05) is 34.6 Å². The average molecular weight is 256 g/mol. The minimum atomic E-state index is 0.305. The van der Waals surface area contributed by atoms with Crippen LogP contribution in [0, 0.1) is 16.7 Å². The van der Waals surface area contributed by atoms with Crippen LogP contribution in [0.25, 0.3) is 0 Å². The Bertz CT molecular complexity index is 222. The van der Waals surface area contributed by atoms with E-state index in [1.807, 2.05) is 0 Å². The molecule has 0 aromatic carbocycles. The molecular weight excluding hydrogens is 224 g/mol. The first kappa shape index (κ1) is 16.0. The fraction of sp³-hybridized carbons (Fsp3) is 1.00. The summed E-state index contributed by atoms with van der Waals surface area (Å²) in [5.41, 5.74) is 0.685. The van der Waals surface area contributed by atoms with Gasteiger partial charge >= 0.3 is 0 Å². The minimum absolute atomic E-state index is 0.305. The number of ether oxygens (including phenoxy) is 2. The zero-order chi connectivity index (χ0) is 13.6. The molecule has 2 heteroatoms. The van der Waals surface area contributed by atoms with Crippen molar-refractivity contribution in [3.8, 4) is 0 Å². The van der Waals surface area contributed by atoms with E-state index >= 15 is 0 Å². The highest BCUT2D eigenvalue weighted by atomic mass is 16.5. The Morgan fingerprint density at radius 2 is 1.67 bits per heavy atom. The Balaban J connectivity index is 2.18. The van der Waals surface area contributed by atoms with Gasteiger partial charge in [0.1, 0.15) is 0 Å². The maximum absolute atomic E-state index is 5.88. The van der Waals surface area contributed by atoms with Crippen molar-refractivity contribution in [3.05, 3.63) is 0 Å². The quantitative estimate of drug-likeness (QED) is 0.660. The standard InChI is InChI=1S/C16H32O2/c1-15(2,3)8-11-18-13-16(4,5)12-14-6-9-17-10-7-14/h14H,6-13H2,1-5H3. The van der Waals surface area contributed by atoms with Crippen molar-refractivity contribution in [3.63, 3.8) is 0 Å². The van der Waals surface area contributed by atoms with Crippen LogP contribution in [0.5, 0.6) is 0 Å². The molecule has 2 nitrogen and oxygen atoms in total. The summed E-state index contributed by atoms with van der Waals surface area (Å²) in [6.45, 7) is 15.1. The van der Waals surface area contributed by atoms with E-state index < -0.39 is 0 Å². The lowest BCUT2D eigenvalue weighted by atomic mass is 9.80. The first-order valence-electron chi connectivity index (χ1n) is 7.44. The third-order valence-electron chi connectivity index (χ3n) is 3.67. The van der Waals surface area contributed by atoms with E-state index in [1.54, 1.807) is 0 Å². The zero-order valence-corrected chi connectivity index (χ0v) is 13.1. The highest BCUT2D eigenvalue weighted by Crippen LogP contribution is 2.31. The summed E-state index contributed by atoms with van der Waals surface area (Å²) in [5, 5.41) is 0. The van der Waals surface area contributed by atoms with Crippen LogP contribution in [0.2, 0.25) is 0 Å². The van der Waals surface area contributed by atoms with Crippen molar-refractivity contribution in [1.82, 2.24) is 0 Å². The molecule has 1 saturated heterocycles. The molecule has 1 rings (SSSR count). The van der Waals surface area contributed by atoms with Gasteiger partial charge in [0.25, 0.3) is 0 Å². The summed E-state index contributed by atoms with van der Waals surface area (Å²) in [5.74, 6) is 0.833. The molecule has 0 atom stereocenters. The topological polar surface area (TPSA) is 18.5 Å². The van der Waals surface area contributed by atoms with Crippen LogP contribution >= 0.6 is 0 Å². The molecule has 108 valence electrons. The zero-order valence-electron chi connectivity index (χ0n) is 13.1. The Morgan fingerprint density at radius 3 is 2.22 bits per heavy atom. The molecule has 1 aliphatic rings. The smallest absolute Gasteiger partial charge is 0.0517 e. The Hall–Kier alpha value is -0.0800. The second-order valence-electron chi connectivity index (χ2n) is 7.79. The molecule has 0 aliphatic carbocycles. The van der Waals surface area contributed by atoms with Crippen molar-refractivity contribution in [2.45, 2.75) is 60.3 Å². The Morgan fingerprint density at radius 1 is 1.06 bits per heavy atom. The fourth-order valence-electron chi connectivity index (χ4n) is 2.52. The van der Waals surface area contributed by atoms with Gasteiger partial charge in [-0.3, -0.25) is 0 Å². The second kappa shape index (κ2) is 6.91. The molecule has 0 amide bonds. The van der Waals surface area contributed by atoms with Gasteiger partial charge in [-0.05, 0) is 42.4 Å². The van der Waals surface area contributed by atoms with Crippen LogP contribution in [0.15, 0.2) is 0 Å². The molecule has 0 bridgehead atoms.